The Hall–Kier alpha value is -2.83. The van der Waals surface area contributed by atoms with Crippen LogP contribution in [-0.4, -0.2) is 24.2 Å². The first-order valence-corrected chi connectivity index (χ1v) is 8.74. The van der Waals surface area contributed by atoms with Crippen LogP contribution in [0.25, 0.3) is 0 Å². The van der Waals surface area contributed by atoms with Crippen molar-refractivity contribution in [2.75, 3.05) is 6.54 Å². The molecule has 0 saturated heterocycles. The number of nitrogens with zero attached hydrogens (tertiary/aromatic N) is 1. The standard InChI is InChI=1S/C20H25F2N3O2/c1-4-23-20(24-11-15-9-13(2)18(26)14(3)10-15)25-12-16-7-5-6-8-17(16)27-19(21)22/h5-10,19,26H,4,11-12H2,1-3H3,(H2,23,24,25). The van der Waals surface area contributed by atoms with E-state index in [0.29, 0.717) is 36.9 Å². The monoisotopic (exact) mass is 377 g/mol. The zero-order valence-corrected chi connectivity index (χ0v) is 15.7. The van der Waals surface area contributed by atoms with Crippen LogP contribution in [0.15, 0.2) is 41.4 Å². The van der Waals surface area contributed by atoms with E-state index in [1.807, 2.05) is 32.9 Å². The lowest BCUT2D eigenvalue weighted by molar-refractivity contribution is -0.0504. The molecule has 0 saturated carbocycles. The molecule has 0 amide bonds. The van der Waals surface area contributed by atoms with E-state index in [2.05, 4.69) is 20.4 Å². The summed E-state index contributed by atoms with van der Waals surface area (Å²) in [5, 5.41) is 16.1. The van der Waals surface area contributed by atoms with E-state index < -0.39 is 6.61 Å². The number of aryl methyl sites for hydroxylation is 2. The average Bonchev–Trinajstić information content (AvgIpc) is 2.62. The molecule has 0 bridgehead atoms. The van der Waals surface area contributed by atoms with Crippen molar-refractivity contribution in [2.45, 2.75) is 40.5 Å². The summed E-state index contributed by atoms with van der Waals surface area (Å²) in [7, 11) is 0. The fraction of sp³-hybridized carbons (Fsp3) is 0.350. The Balaban J connectivity index is 2.08. The van der Waals surface area contributed by atoms with E-state index in [4.69, 9.17) is 0 Å². The maximum Gasteiger partial charge on any atom is 0.387 e. The molecule has 0 unspecified atom stereocenters. The molecule has 3 N–H and O–H groups in total. The first-order valence-electron chi connectivity index (χ1n) is 8.74. The van der Waals surface area contributed by atoms with E-state index in [1.54, 1.807) is 18.2 Å². The highest BCUT2D eigenvalue weighted by atomic mass is 19.3. The van der Waals surface area contributed by atoms with Gasteiger partial charge in [-0.05, 0) is 43.5 Å². The molecule has 0 spiro atoms. The van der Waals surface area contributed by atoms with E-state index in [9.17, 15) is 13.9 Å². The Morgan fingerprint density at radius 1 is 1.15 bits per heavy atom. The summed E-state index contributed by atoms with van der Waals surface area (Å²) in [6, 6.07) is 10.4. The Kier molecular flexibility index (Phi) is 7.40. The summed E-state index contributed by atoms with van der Waals surface area (Å²) in [6.45, 7) is 4.15. The summed E-state index contributed by atoms with van der Waals surface area (Å²) in [4.78, 5) is 4.53. The summed E-state index contributed by atoms with van der Waals surface area (Å²) in [5.74, 6) is 0.997. The number of hydrogen-bond donors (Lipinski definition) is 3. The minimum absolute atomic E-state index is 0.139. The van der Waals surface area contributed by atoms with Gasteiger partial charge in [0, 0.05) is 18.7 Å². The Morgan fingerprint density at radius 2 is 1.81 bits per heavy atom. The fourth-order valence-corrected chi connectivity index (χ4v) is 2.69. The molecule has 27 heavy (non-hydrogen) atoms. The molecule has 0 fully saturated rings. The zero-order chi connectivity index (χ0) is 19.8. The number of aliphatic imine (C=N–C) groups is 1. The van der Waals surface area contributed by atoms with Gasteiger partial charge in [0.2, 0.25) is 0 Å². The van der Waals surface area contributed by atoms with Crippen molar-refractivity contribution in [3.63, 3.8) is 0 Å². The van der Waals surface area contributed by atoms with Crippen molar-refractivity contribution in [3.05, 3.63) is 58.7 Å². The number of phenols is 1. The first-order chi connectivity index (χ1) is 12.9. The predicted molar refractivity (Wildman–Crippen MR) is 102 cm³/mol. The molecule has 0 aliphatic rings. The molecule has 0 radical (unpaired) electrons. The molecule has 2 aromatic rings. The number of alkyl halides is 2. The third kappa shape index (κ3) is 6.13. The average molecular weight is 377 g/mol. The number of ether oxygens (including phenoxy) is 1. The van der Waals surface area contributed by atoms with Gasteiger partial charge in [-0.3, -0.25) is 0 Å². The normalized spacial score (nSPS) is 11.6. The van der Waals surface area contributed by atoms with Gasteiger partial charge in [0.15, 0.2) is 5.96 Å². The molecule has 0 aromatic heterocycles. The molecule has 0 aliphatic carbocycles. The number of guanidine groups is 1. The number of para-hydroxylation sites is 1. The second-order valence-corrected chi connectivity index (χ2v) is 6.11. The quantitative estimate of drug-likeness (QED) is 0.506. The lowest BCUT2D eigenvalue weighted by atomic mass is 10.1. The SMILES string of the molecule is CCNC(=NCc1cc(C)c(O)c(C)c1)NCc1ccccc1OC(F)F. The lowest BCUT2D eigenvalue weighted by Gasteiger charge is -2.14. The van der Waals surface area contributed by atoms with Gasteiger partial charge in [-0.1, -0.05) is 30.3 Å². The molecule has 0 atom stereocenters. The van der Waals surface area contributed by atoms with Gasteiger partial charge in [-0.2, -0.15) is 8.78 Å². The molecular formula is C20H25F2N3O2. The van der Waals surface area contributed by atoms with Crippen LogP contribution in [0.4, 0.5) is 8.78 Å². The third-order valence-electron chi connectivity index (χ3n) is 3.95. The smallest absolute Gasteiger partial charge is 0.387 e. The lowest BCUT2D eigenvalue weighted by Crippen LogP contribution is -2.36. The highest BCUT2D eigenvalue weighted by Gasteiger charge is 2.09. The predicted octanol–water partition coefficient (Wildman–Crippen LogP) is 3.87. The maximum absolute atomic E-state index is 12.5. The third-order valence-corrected chi connectivity index (χ3v) is 3.95. The highest BCUT2D eigenvalue weighted by molar-refractivity contribution is 5.79. The van der Waals surface area contributed by atoms with Crippen molar-refractivity contribution in [1.82, 2.24) is 10.6 Å². The van der Waals surface area contributed by atoms with Crippen LogP contribution >= 0.6 is 0 Å². The van der Waals surface area contributed by atoms with Crippen LogP contribution in [0, 0.1) is 13.8 Å². The summed E-state index contributed by atoms with van der Waals surface area (Å²) >= 11 is 0. The van der Waals surface area contributed by atoms with Crippen LogP contribution in [0.2, 0.25) is 0 Å². The topological polar surface area (TPSA) is 65.9 Å². The van der Waals surface area contributed by atoms with Gasteiger partial charge in [0.25, 0.3) is 0 Å². The second-order valence-electron chi connectivity index (χ2n) is 6.11. The van der Waals surface area contributed by atoms with Crippen LogP contribution < -0.4 is 15.4 Å². The van der Waals surface area contributed by atoms with Gasteiger partial charge in [0.05, 0.1) is 6.54 Å². The van der Waals surface area contributed by atoms with Gasteiger partial charge in [0.1, 0.15) is 11.5 Å². The number of benzene rings is 2. The fourth-order valence-electron chi connectivity index (χ4n) is 2.69. The highest BCUT2D eigenvalue weighted by Crippen LogP contribution is 2.23. The molecule has 0 aliphatic heterocycles. The zero-order valence-electron chi connectivity index (χ0n) is 15.7. The number of halogens is 2. The van der Waals surface area contributed by atoms with Crippen LogP contribution in [0.1, 0.15) is 29.2 Å². The van der Waals surface area contributed by atoms with Crippen molar-refractivity contribution >= 4 is 5.96 Å². The van der Waals surface area contributed by atoms with E-state index in [0.717, 1.165) is 16.7 Å². The van der Waals surface area contributed by atoms with Gasteiger partial charge >= 0.3 is 6.61 Å². The second kappa shape index (κ2) is 9.75. The molecule has 2 aromatic carbocycles. The molecule has 5 nitrogen and oxygen atoms in total. The summed E-state index contributed by atoms with van der Waals surface area (Å²) in [6.07, 6.45) is 0. The number of phenolic OH excluding ortho intramolecular Hbond substituents is 1. The van der Waals surface area contributed by atoms with Crippen molar-refractivity contribution in [3.8, 4) is 11.5 Å². The largest absolute Gasteiger partial charge is 0.507 e. The molecule has 146 valence electrons. The number of nitrogens with one attached hydrogen (secondary N) is 2. The van der Waals surface area contributed by atoms with Crippen LogP contribution in [-0.2, 0) is 13.1 Å². The van der Waals surface area contributed by atoms with Crippen LogP contribution in [0.5, 0.6) is 11.5 Å². The molecule has 0 heterocycles. The van der Waals surface area contributed by atoms with E-state index >= 15 is 0 Å². The number of aromatic hydroxyl groups is 1. The van der Waals surface area contributed by atoms with Crippen LogP contribution in [0.3, 0.4) is 0 Å². The Bertz CT molecular complexity index is 772. The van der Waals surface area contributed by atoms with Crippen molar-refractivity contribution in [2.24, 2.45) is 4.99 Å². The summed E-state index contributed by atoms with van der Waals surface area (Å²) in [5.41, 5.74) is 3.19. The summed E-state index contributed by atoms with van der Waals surface area (Å²) < 4.78 is 29.6. The number of hydrogen-bond acceptors (Lipinski definition) is 3. The maximum atomic E-state index is 12.5. The molecule has 7 heteroatoms. The number of rotatable bonds is 7. The first kappa shape index (κ1) is 20.5. The van der Waals surface area contributed by atoms with Crippen molar-refractivity contribution in [1.29, 1.82) is 0 Å². The van der Waals surface area contributed by atoms with Gasteiger partial charge in [-0.15, -0.1) is 0 Å². The minimum Gasteiger partial charge on any atom is -0.507 e. The minimum atomic E-state index is -2.87. The Labute approximate surface area is 158 Å². The van der Waals surface area contributed by atoms with E-state index in [1.165, 1.54) is 6.07 Å². The Morgan fingerprint density at radius 3 is 2.44 bits per heavy atom. The molecular weight excluding hydrogens is 352 g/mol. The van der Waals surface area contributed by atoms with Gasteiger partial charge < -0.3 is 20.5 Å². The van der Waals surface area contributed by atoms with E-state index in [-0.39, 0.29) is 5.75 Å². The molecule has 2 rings (SSSR count). The van der Waals surface area contributed by atoms with Gasteiger partial charge in [-0.25, -0.2) is 4.99 Å². The van der Waals surface area contributed by atoms with Crippen molar-refractivity contribution < 1.29 is 18.6 Å².